The van der Waals surface area contributed by atoms with E-state index in [-0.39, 0.29) is 36.6 Å². The van der Waals surface area contributed by atoms with Crippen molar-refractivity contribution >= 4 is 5.91 Å². The fourth-order valence-corrected chi connectivity index (χ4v) is 3.41. The highest BCUT2D eigenvalue weighted by Gasteiger charge is 2.31. The third-order valence-corrected chi connectivity index (χ3v) is 4.95. The Bertz CT molecular complexity index is 1130. The predicted molar refractivity (Wildman–Crippen MR) is 105 cm³/mol. The van der Waals surface area contributed by atoms with Crippen molar-refractivity contribution in [2.24, 2.45) is 0 Å². The monoisotopic (exact) mass is 449 g/mol. The van der Waals surface area contributed by atoms with Crippen molar-refractivity contribution in [1.29, 1.82) is 0 Å². The maximum Gasteiger partial charge on any atom is 0.573 e. The Kier molecular flexibility index (Phi) is 5.73. The number of carbonyl (C=O) groups is 1. The molecule has 0 bridgehead atoms. The van der Waals surface area contributed by atoms with Crippen molar-refractivity contribution in [3.05, 3.63) is 83.4 Å². The zero-order chi connectivity index (χ0) is 22.9. The molecule has 1 aliphatic heterocycles. The summed E-state index contributed by atoms with van der Waals surface area (Å²) in [6.45, 7) is -0.00835. The number of nitrogens with zero attached hydrogens (tertiary/aromatic N) is 1. The van der Waals surface area contributed by atoms with Crippen LogP contribution in [0.4, 0.5) is 22.0 Å². The number of fused-ring (bicyclic) bond motifs is 1. The third-order valence-electron chi connectivity index (χ3n) is 4.95. The van der Waals surface area contributed by atoms with Gasteiger partial charge in [-0.1, -0.05) is 24.3 Å². The van der Waals surface area contributed by atoms with Gasteiger partial charge in [0.05, 0.1) is 18.7 Å². The van der Waals surface area contributed by atoms with Crippen molar-refractivity contribution in [2.45, 2.75) is 12.9 Å². The summed E-state index contributed by atoms with van der Waals surface area (Å²) in [5.74, 6) is -2.03. The molecule has 1 aliphatic rings. The topological polar surface area (TPSA) is 38.8 Å². The fourth-order valence-electron chi connectivity index (χ4n) is 3.41. The Balaban J connectivity index is 1.61. The van der Waals surface area contributed by atoms with Crippen LogP contribution in [0.5, 0.6) is 11.5 Å². The average Bonchev–Trinajstić information content (AvgIpc) is 2.89. The van der Waals surface area contributed by atoms with E-state index >= 15 is 0 Å². The van der Waals surface area contributed by atoms with Gasteiger partial charge in [0.15, 0.2) is 0 Å². The lowest BCUT2D eigenvalue weighted by atomic mass is 10.0. The minimum atomic E-state index is -4.80. The number of alkyl halides is 3. The second kappa shape index (κ2) is 8.49. The molecule has 0 N–H and O–H groups in total. The molecule has 0 saturated heterocycles. The highest BCUT2D eigenvalue weighted by atomic mass is 19.4. The normalized spacial score (nSPS) is 13.9. The zero-order valence-electron chi connectivity index (χ0n) is 16.5. The van der Waals surface area contributed by atoms with E-state index in [9.17, 15) is 26.7 Å². The largest absolute Gasteiger partial charge is 0.573 e. The van der Waals surface area contributed by atoms with Gasteiger partial charge >= 0.3 is 6.36 Å². The van der Waals surface area contributed by atoms with Crippen LogP contribution in [0.3, 0.4) is 0 Å². The number of carbonyl (C=O) groups excluding carboxylic acids is 1. The number of hydrogen-bond donors (Lipinski definition) is 0. The summed E-state index contributed by atoms with van der Waals surface area (Å²) in [6, 6.07) is 13.5. The first-order valence-electron chi connectivity index (χ1n) is 9.56. The van der Waals surface area contributed by atoms with E-state index in [1.165, 1.54) is 41.3 Å². The molecule has 3 aromatic rings. The molecule has 1 amide bonds. The Morgan fingerprint density at radius 2 is 1.59 bits per heavy atom. The number of ether oxygens (including phenoxy) is 2. The highest BCUT2D eigenvalue weighted by Crippen LogP contribution is 2.32. The van der Waals surface area contributed by atoms with Gasteiger partial charge in [-0.15, -0.1) is 13.2 Å². The summed E-state index contributed by atoms with van der Waals surface area (Å²) in [5, 5.41) is 0. The molecule has 3 aromatic carbocycles. The van der Waals surface area contributed by atoms with Crippen LogP contribution in [-0.2, 0) is 6.54 Å². The highest BCUT2D eigenvalue weighted by molar-refractivity contribution is 5.98. The van der Waals surface area contributed by atoms with E-state index in [4.69, 9.17) is 4.74 Å². The molecule has 0 unspecified atom stereocenters. The van der Waals surface area contributed by atoms with Crippen LogP contribution < -0.4 is 9.47 Å². The molecule has 0 fully saturated rings. The van der Waals surface area contributed by atoms with E-state index in [0.29, 0.717) is 16.9 Å². The lowest BCUT2D eigenvalue weighted by Gasteiger charge is -2.20. The molecule has 0 spiro atoms. The zero-order valence-corrected chi connectivity index (χ0v) is 16.5. The molecule has 0 saturated carbocycles. The second-order valence-corrected chi connectivity index (χ2v) is 7.06. The average molecular weight is 449 g/mol. The summed E-state index contributed by atoms with van der Waals surface area (Å²) in [5.41, 5.74) is 1.07. The van der Waals surface area contributed by atoms with E-state index in [1.807, 2.05) is 0 Å². The van der Waals surface area contributed by atoms with Crippen LogP contribution in [0.15, 0.2) is 60.7 Å². The quantitative estimate of drug-likeness (QED) is 0.490. The van der Waals surface area contributed by atoms with Gasteiger partial charge in [-0.3, -0.25) is 4.79 Å². The van der Waals surface area contributed by atoms with Crippen LogP contribution in [0.25, 0.3) is 11.1 Å². The van der Waals surface area contributed by atoms with Gasteiger partial charge in [0.1, 0.15) is 29.7 Å². The van der Waals surface area contributed by atoms with Gasteiger partial charge in [-0.05, 0) is 47.5 Å². The van der Waals surface area contributed by atoms with Gasteiger partial charge in [-0.25, -0.2) is 8.78 Å². The predicted octanol–water partition coefficient (Wildman–Crippen LogP) is 5.57. The van der Waals surface area contributed by atoms with E-state index < -0.39 is 23.9 Å². The molecule has 4 nitrogen and oxygen atoms in total. The first kappa shape index (κ1) is 21.6. The Morgan fingerprint density at radius 1 is 0.938 bits per heavy atom. The van der Waals surface area contributed by atoms with Crippen molar-refractivity contribution in [3.8, 4) is 22.6 Å². The number of amides is 1. The molecule has 1 heterocycles. The lowest BCUT2D eigenvalue weighted by Crippen LogP contribution is -2.32. The van der Waals surface area contributed by atoms with Crippen LogP contribution in [0.1, 0.15) is 15.9 Å². The third kappa shape index (κ3) is 4.66. The SMILES string of the molecule is O=C1c2cc(-c3ccc(OC(F)(F)F)cc3)ccc2OCCN1Cc1c(F)cccc1F. The molecule has 9 heteroatoms. The summed E-state index contributed by atoms with van der Waals surface area (Å²) >= 11 is 0. The summed E-state index contributed by atoms with van der Waals surface area (Å²) in [6.07, 6.45) is -4.80. The molecular weight excluding hydrogens is 433 g/mol. The second-order valence-electron chi connectivity index (χ2n) is 7.06. The van der Waals surface area contributed by atoms with Crippen molar-refractivity contribution in [2.75, 3.05) is 13.2 Å². The van der Waals surface area contributed by atoms with Gasteiger partial charge in [0.2, 0.25) is 0 Å². The Morgan fingerprint density at radius 3 is 2.25 bits per heavy atom. The van der Waals surface area contributed by atoms with E-state index in [2.05, 4.69) is 4.74 Å². The van der Waals surface area contributed by atoms with Crippen LogP contribution in [0.2, 0.25) is 0 Å². The Hall–Kier alpha value is -3.62. The summed E-state index contributed by atoms with van der Waals surface area (Å²) in [7, 11) is 0. The molecule has 32 heavy (non-hydrogen) atoms. The smallest absolute Gasteiger partial charge is 0.491 e. The van der Waals surface area contributed by atoms with Gasteiger partial charge in [0, 0.05) is 5.56 Å². The van der Waals surface area contributed by atoms with Crippen LogP contribution in [0, 0.1) is 11.6 Å². The Labute approximate surface area is 179 Å². The van der Waals surface area contributed by atoms with Crippen molar-refractivity contribution < 1.29 is 36.2 Å². The summed E-state index contributed by atoms with van der Waals surface area (Å²) < 4.78 is 74.7. The molecule has 4 rings (SSSR count). The standard InChI is InChI=1S/C23H16F5NO3/c24-19-2-1-3-20(25)18(19)13-29-10-11-31-21-9-6-15(12-17(21)22(29)30)14-4-7-16(8-5-14)32-23(26,27)28/h1-9,12H,10-11,13H2. The van der Waals surface area contributed by atoms with E-state index in [1.54, 1.807) is 12.1 Å². The summed E-state index contributed by atoms with van der Waals surface area (Å²) in [4.78, 5) is 14.4. The minimum absolute atomic E-state index is 0.125. The minimum Gasteiger partial charge on any atom is -0.491 e. The van der Waals surface area contributed by atoms with Crippen molar-refractivity contribution in [1.82, 2.24) is 4.90 Å². The number of hydrogen-bond acceptors (Lipinski definition) is 3. The van der Waals surface area contributed by atoms with Crippen molar-refractivity contribution in [3.63, 3.8) is 0 Å². The maximum absolute atomic E-state index is 14.1. The molecule has 0 atom stereocenters. The van der Waals surface area contributed by atoms with Gasteiger partial charge in [0.25, 0.3) is 5.91 Å². The fraction of sp³-hybridized carbons (Fsp3) is 0.174. The first-order valence-corrected chi connectivity index (χ1v) is 9.56. The van der Waals surface area contributed by atoms with Gasteiger partial charge in [-0.2, -0.15) is 0 Å². The molecular formula is C23H16F5NO3. The molecule has 0 aromatic heterocycles. The molecule has 166 valence electrons. The first-order chi connectivity index (χ1) is 15.2. The van der Waals surface area contributed by atoms with Crippen LogP contribution in [-0.4, -0.2) is 30.3 Å². The number of halogens is 5. The lowest BCUT2D eigenvalue weighted by molar-refractivity contribution is -0.274. The number of rotatable bonds is 4. The van der Waals surface area contributed by atoms with Gasteiger partial charge < -0.3 is 14.4 Å². The van der Waals surface area contributed by atoms with Crippen LogP contribution >= 0.6 is 0 Å². The molecule has 0 aliphatic carbocycles. The maximum atomic E-state index is 14.1. The molecule has 0 radical (unpaired) electrons. The number of benzene rings is 3. The van der Waals surface area contributed by atoms with E-state index in [0.717, 1.165) is 12.1 Å².